The Labute approximate surface area is 132 Å². The number of hydrogen-bond donors (Lipinski definition) is 1. The summed E-state index contributed by atoms with van der Waals surface area (Å²) in [5, 5.41) is 0. The maximum Gasteiger partial charge on any atom is 0.230 e. The highest BCUT2D eigenvalue weighted by molar-refractivity contribution is 5.83. The van der Waals surface area contributed by atoms with E-state index in [1.54, 1.807) is 0 Å². The van der Waals surface area contributed by atoms with Gasteiger partial charge in [-0.2, -0.15) is 0 Å². The molecule has 0 unspecified atom stereocenters. The van der Waals surface area contributed by atoms with Crippen LogP contribution >= 0.6 is 0 Å². The van der Waals surface area contributed by atoms with Crippen LogP contribution in [0.25, 0.3) is 0 Å². The van der Waals surface area contributed by atoms with Gasteiger partial charge in [-0.05, 0) is 37.2 Å². The van der Waals surface area contributed by atoms with Crippen molar-refractivity contribution in [2.24, 2.45) is 11.1 Å². The molecule has 0 bridgehead atoms. The minimum absolute atomic E-state index is 0.254. The molecule has 1 amide bonds. The number of rotatable bonds is 3. The van der Waals surface area contributed by atoms with Crippen LogP contribution in [0.5, 0.6) is 0 Å². The minimum atomic E-state index is -0.377. The van der Waals surface area contributed by atoms with Crippen molar-refractivity contribution < 1.29 is 9.53 Å². The molecule has 22 heavy (non-hydrogen) atoms. The molecule has 2 aliphatic rings. The van der Waals surface area contributed by atoms with E-state index in [0.717, 1.165) is 38.8 Å². The molecule has 0 aromatic heterocycles. The fourth-order valence-corrected chi connectivity index (χ4v) is 3.74. The summed E-state index contributed by atoms with van der Waals surface area (Å²) in [7, 11) is 0. The molecule has 2 fully saturated rings. The van der Waals surface area contributed by atoms with Crippen LogP contribution in [0, 0.1) is 5.41 Å². The van der Waals surface area contributed by atoms with Gasteiger partial charge in [0, 0.05) is 32.8 Å². The van der Waals surface area contributed by atoms with Gasteiger partial charge in [-0.1, -0.05) is 30.3 Å². The Kier molecular flexibility index (Phi) is 4.79. The zero-order valence-electron chi connectivity index (χ0n) is 13.2. The second-order valence-corrected chi connectivity index (χ2v) is 6.57. The van der Waals surface area contributed by atoms with Gasteiger partial charge in [-0.3, -0.25) is 4.79 Å². The number of nitrogens with zero attached hydrogens (tertiary/aromatic N) is 1. The fraction of sp³-hybridized carbons (Fsp3) is 0.611. The molecule has 120 valence electrons. The third kappa shape index (κ3) is 3.03. The highest BCUT2D eigenvalue weighted by Gasteiger charge is 2.42. The lowest BCUT2D eigenvalue weighted by Gasteiger charge is -2.41. The first-order chi connectivity index (χ1) is 10.7. The maximum atomic E-state index is 12.9. The number of carbonyl (C=O) groups is 1. The Hall–Kier alpha value is -1.39. The number of amides is 1. The van der Waals surface area contributed by atoms with Crippen LogP contribution in [-0.4, -0.2) is 43.7 Å². The molecule has 1 aromatic rings. The number of likely N-dealkylation sites (tertiary alicyclic amines) is 1. The van der Waals surface area contributed by atoms with Gasteiger partial charge in [0.1, 0.15) is 0 Å². The SMILES string of the molecule is NCC1(C(=O)N2CCC(c3ccccc3)CC2)CCOCC1. The number of hydrogen-bond acceptors (Lipinski definition) is 3. The van der Waals surface area contributed by atoms with Crippen LogP contribution < -0.4 is 5.73 Å². The first-order valence-electron chi connectivity index (χ1n) is 8.37. The van der Waals surface area contributed by atoms with E-state index in [9.17, 15) is 4.79 Å². The van der Waals surface area contributed by atoms with E-state index in [2.05, 4.69) is 30.3 Å². The van der Waals surface area contributed by atoms with Crippen LogP contribution in [-0.2, 0) is 9.53 Å². The average molecular weight is 302 g/mol. The standard InChI is InChI=1S/C18H26N2O2/c19-14-18(8-12-22-13-9-18)17(21)20-10-6-16(7-11-20)15-4-2-1-3-5-15/h1-5,16H,6-14,19H2. The van der Waals surface area contributed by atoms with E-state index in [4.69, 9.17) is 10.5 Å². The Morgan fingerprint density at radius 1 is 1.18 bits per heavy atom. The molecule has 2 N–H and O–H groups in total. The predicted octanol–water partition coefficient (Wildman–Crippen LogP) is 2.15. The van der Waals surface area contributed by atoms with Crippen molar-refractivity contribution in [1.82, 2.24) is 4.90 Å². The molecule has 2 aliphatic heterocycles. The van der Waals surface area contributed by atoms with Crippen molar-refractivity contribution in [3.63, 3.8) is 0 Å². The topological polar surface area (TPSA) is 55.6 Å². The van der Waals surface area contributed by atoms with Crippen LogP contribution in [0.4, 0.5) is 0 Å². The van der Waals surface area contributed by atoms with Gasteiger partial charge in [-0.25, -0.2) is 0 Å². The Balaban J connectivity index is 1.62. The number of piperidine rings is 1. The lowest BCUT2D eigenvalue weighted by atomic mass is 9.78. The van der Waals surface area contributed by atoms with Crippen LogP contribution in [0.1, 0.15) is 37.2 Å². The van der Waals surface area contributed by atoms with E-state index < -0.39 is 0 Å². The molecule has 0 aliphatic carbocycles. The minimum Gasteiger partial charge on any atom is -0.381 e. The molecule has 0 radical (unpaired) electrons. The van der Waals surface area contributed by atoms with Gasteiger partial charge in [0.2, 0.25) is 5.91 Å². The molecular formula is C18H26N2O2. The van der Waals surface area contributed by atoms with Gasteiger partial charge >= 0.3 is 0 Å². The molecule has 0 atom stereocenters. The maximum absolute atomic E-state index is 12.9. The molecule has 0 saturated carbocycles. The molecule has 2 saturated heterocycles. The van der Waals surface area contributed by atoms with Crippen molar-refractivity contribution in [3.05, 3.63) is 35.9 Å². The Bertz CT molecular complexity index is 489. The zero-order chi connectivity index (χ0) is 15.4. The van der Waals surface area contributed by atoms with E-state index in [-0.39, 0.29) is 11.3 Å². The van der Waals surface area contributed by atoms with Crippen molar-refractivity contribution in [1.29, 1.82) is 0 Å². The third-order valence-corrected chi connectivity index (χ3v) is 5.35. The van der Waals surface area contributed by atoms with Gasteiger partial charge in [0.15, 0.2) is 0 Å². The predicted molar refractivity (Wildman–Crippen MR) is 86.5 cm³/mol. The molecule has 1 aromatic carbocycles. The lowest BCUT2D eigenvalue weighted by molar-refractivity contribution is -0.148. The summed E-state index contributed by atoms with van der Waals surface area (Å²) in [6, 6.07) is 10.6. The lowest BCUT2D eigenvalue weighted by Crippen LogP contribution is -2.52. The molecule has 3 rings (SSSR count). The smallest absolute Gasteiger partial charge is 0.230 e. The number of ether oxygens (including phenoxy) is 1. The quantitative estimate of drug-likeness (QED) is 0.931. The van der Waals surface area contributed by atoms with Crippen molar-refractivity contribution in [2.45, 2.75) is 31.6 Å². The molecule has 2 heterocycles. The number of nitrogens with two attached hydrogens (primary N) is 1. The molecule has 4 heteroatoms. The summed E-state index contributed by atoms with van der Waals surface area (Å²) in [6.45, 7) is 3.45. The van der Waals surface area contributed by atoms with Gasteiger partial charge in [0.05, 0.1) is 5.41 Å². The first kappa shape index (κ1) is 15.5. The highest BCUT2D eigenvalue weighted by Crippen LogP contribution is 2.34. The summed E-state index contributed by atoms with van der Waals surface area (Å²) in [6.07, 6.45) is 3.63. The van der Waals surface area contributed by atoms with Gasteiger partial charge in [0.25, 0.3) is 0 Å². The summed E-state index contributed by atoms with van der Waals surface area (Å²) in [5.74, 6) is 0.832. The first-order valence-corrected chi connectivity index (χ1v) is 8.37. The summed E-state index contributed by atoms with van der Waals surface area (Å²) in [4.78, 5) is 15.0. The average Bonchev–Trinajstić information content (AvgIpc) is 2.62. The van der Waals surface area contributed by atoms with Gasteiger partial charge in [-0.15, -0.1) is 0 Å². The highest BCUT2D eigenvalue weighted by atomic mass is 16.5. The largest absolute Gasteiger partial charge is 0.381 e. The molecule has 4 nitrogen and oxygen atoms in total. The molecular weight excluding hydrogens is 276 g/mol. The van der Waals surface area contributed by atoms with E-state index in [1.807, 2.05) is 4.90 Å². The van der Waals surface area contributed by atoms with Crippen molar-refractivity contribution in [2.75, 3.05) is 32.8 Å². The van der Waals surface area contributed by atoms with Gasteiger partial charge < -0.3 is 15.4 Å². The van der Waals surface area contributed by atoms with Crippen LogP contribution in [0.2, 0.25) is 0 Å². The zero-order valence-corrected chi connectivity index (χ0v) is 13.2. The number of benzene rings is 1. The normalized spacial score (nSPS) is 22.5. The van der Waals surface area contributed by atoms with E-state index >= 15 is 0 Å². The Morgan fingerprint density at radius 3 is 2.41 bits per heavy atom. The Morgan fingerprint density at radius 2 is 1.82 bits per heavy atom. The monoisotopic (exact) mass is 302 g/mol. The van der Waals surface area contributed by atoms with Crippen LogP contribution in [0.15, 0.2) is 30.3 Å². The second kappa shape index (κ2) is 6.80. The third-order valence-electron chi connectivity index (χ3n) is 5.35. The van der Waals surface area contributed by atoms with Crippen LogP contribution in [0.3, 0.4) is 0 Å². The summed E-state index contributed by atoms with van der Waals surface area (Å²) < 4.78 is 5.41. The summed E-state index contributed by atoms with van der Waals surface area (Å²) >= 11 is 0. The second-order valence-electron chi connectivity index (χ2n) is 6.57. The summed E-state index contributed by atoms with van der Waals surface area (Å²) in [5.41, 5.74) is 6.98. The van der Waals surface area contributed by atoms with E-state index in [1.165, 1.54) is 5.56 Å². The van der Waals surface area contributed by atoms with E-state index in [0.29, 0.717) is 25.7 Å². The number of carbonyl (C=O) groups excluding carboxylic acids is 1. The van der Waals surface area contributed by atoms with Crippen molar-refractivity contribution in [3.8, 4) is 0 Å². The fourth-order valence-electron chi connectivity index (χ4n) is 3.74. The van der Waals surface area contributed by atoms with Crippen molar-refractivity contribution >= 4 is 5.91 Å². The molecule has 0 spiro atoms.